The van der Waals surface area contributed by atoms with E-state index in [9.17, 15) is 14.7 Å². The summed E-state index contributed by atoms with van der Waals surface area (Å²) in [6.07, 6.45) is 3.35. The number of Topliss-reactive ketones (excluding diaryl/α,β-unsaturated/α-hetero) is 1. The fraction of sp³-hybridized carbons (Fsp3) is 0.115. The minimum Gasteiger partial charge on any atom is -0.507 e. The van der Waals surface area contributed by atoms with Crippen LogP contribution < -0.4 is 4.74 Å². The molecule has 0 aliphatic carbocycles. The number of aliphatic hydroxyl groups is 1. The molecule has 0 saturated carbocycles. The first-order valence-corrected chi connectivity index (χ1v) is 11.4. The van der Waals surface area contributed by atoms with Crippen LogP contribution in [-0.2, 0) is 16.1 Å². The number of carbonyl (C=O) groups is 2. The van der Waals surface area contributed by atoms with Gasteiger partial charge in [-0.1, -0.05) is 47.5 Å². The third-order valence-electron chi connectivity index (χ3n) is 5.98. The molecule has 176 valence electrons. The number of halogens is 2. The third kappa shape index (κ3) is 3.92. The van der Waals surface area contributed by atoms with Crippen LogP contribution in [-0.4, -0.2) is 38.8 Å². The summed E-state index contributed by atoms with van der Waals surface area (Å²) < 4.78 is 5.38. The smallest absolute Gasteiger partial charge is 0.296 e. The van der Waals surface area contributed by atoms with E-state index in [-0.39, 0.29) is 33.5 Å². The summed E-state index contributed by atoms with van der Waals surface area (Å²) in [7, 11) is 1.39. The standard InChI is InChI=1S/C26H19Cl2N3O4/c1-35-25-17(10-14(27)11-19(25)28)23(32)21-22(18-12-30-20-8-3-2-7-16(18)20)31(26(34)24(21)33)13-15-6-4-5-9-29-15/h2-12,22,30,32H,13H2,1H3/b23-21+. The SMILES string of the molecule is COc1c(Cl)cc(Cl)cc1/C(O)=C1\C(=O)C(=O)N(Cc2ccccn2)C1c1c[nH]c2ccccc12. The van der Waals surface area contributed by atoms with E-state index in [1.165, 1.54) is 24.1 Å². The topological polar surface area (TPSA) is 95.5 Å². The van der Waals surface area contributed by atoms with Crippen molar-refractivity contribution in [3.63, 3.8) is 0 Å². The fourth-order valence-electron chi connectivity index (χ4n) is 4.44. The number of methoxy groups -OCH3 is 1. The van der Waals surface area contributed by atoms with Crippen molar-refractivity contribution in [2.24, 2.45) is 0 Å². The molecule has 1 aliphatic heterocycles. The summed E-state index contributed by atoms with van der Waals surface area (Å²) in [6, 6.07) is 14.9. The summed E-state index contributed by atoms with van der Waals surface area (Å²) in [5.74, 6) is -1.86. The average Bonchev–Trinajstić information content (AvgIpc) is 3.38. The van der Waals surface area contributed by atoms with Crippen LogP contribution in [0.3, 0.4) is 0 Å². The number of carbonyl (C=O) groups excluding carboxylic acids is 2. The molecule has 1 fully saturated rings. The van der Waals surface area contributed by atoms with Gasteiger partial charge in [0.2, 0.25) is 0 Å². The Labute approximate surface area is 210 Å². The highest BCUT2D eigenvalue weighted by Crippen LogP contribution is 2.45. The molecule has 1 unspecified atom stereocenters. The van der Waals surface area contributed by atoms with Gasteiger partial charge in [0, 0.05) is 33.9 Å². The van der Waals surface area contributed by atoms with Crippen LogP contribution in [0, 0.1) is 0 Å². The lowest BCUT2D eigenvalue weighted by Crippen LogP contribution is -2.29. The van der Waals surface area contributed by atoms with Crippen molar-refractivity contribution >= 4 is 51.6 Å². The lowest BCUT2D eigenvalue weighted by Gasteiger charge is -2.24. The van der Waals surface area contributed by atoms with Gasteiger partial charge < -0.3 is 19.7 Å². The number of amides is 1. The molecule has 0 bridgehead atoms. The molecule has 3 heterocycles. The quantitative estimate of drug-likeness (QED) is 0.211. The van der Waals surface area contributed by atoms with Gasteiger partial charge in [0.25, 0.3) is 11.7 Å². The Morgan fingerprint density at radius 2 is 1.91 bits per heavy atom. The number of rotatable bonds is 5. The fourth-order valence-corrected chi connectivity index (χ4v) is 5.01. The van der Waals surface area contributed by atoms with Gasteiger partial charge in [-0.2, -0.15) is 0 Å². The molecular formula is C26H19Cl2N3O4. The van der Waals surface area contributed by atoms with Crippen molar-refractivity contribution in [3.8, 4) is 5.75 Å². The van der Waals surface area contributed by atoms with Crippen molar-refractivity contribution in [1.29, 1.82) is 0 Å². The van der Waals surface area contributed by atoms with Crippen LogP contribution in [0.5, 0.6) is 5.75 Å². The Kier molecular flexibility index (Phi) is 5.96. The summed E-state index contributed by atoms with van der Waals surface area (Å²) >= 11 is 12.5. The number of nitrogens with one attached hydrogen (secondary N) is 1. The molecule has 5 rings (SSSR count). The number of hydrogen-bond acceptors (Lipinski definition) is 5. The van der Waals surface area contributed by atoms with Crippen LogP contribution in [0.2, 0.25) is 10.0 Å². The first-order valence-electron chi connectivity index (χ1n) is 10.7. The number of aromatic nitrogens is 2. The number of nitrogens with zero attached hydrogens (tertiary/aromatic N) is 2. The number of ketones is 1. The lowest BCUT2D eigenvalue weighted by molar-refractivity contribution is -0.140. The minimum absolute atomic E-state index is 0.0692. The maximum Gasteiger partial charge on any atom is 0.296 e. The summed E-state index contributed by atoms with van der Waals surface area (Å²) in [5, 5.41) is 12.7. The number of pyridine rings is 1. The largest absolute Gasteiger partial charge is 0.507 e. The van der Waals surface area contributed by atoms with Crippen molar-refractivity contribution in [1.82, 2.24) is 14.9 Å². The zero-order valence-corrected chi connectivity index (χ0v) is 20.0. The van der Waals surface area contributed by atoms with Crippen LogP contribution in [0.25, 0.3) is 16.7 Å². The van der Waals surface area contributed by atoms with Crippen molar-refractivity contribution in [2.75, 3.05) is 7.11 Å². The van der Waals surface area contributed by atoms with E-state index in [4.69, 9.17) is 27.9 Å². The van der Waals surface area contributed by atoms with E-state index in [0.717, 1.165) is 10.9 Å². The molecule has 1 saturated heterocycles. The highest BCUT2D eigenvalue weighted by molar-refractivity contribution is 6.47. The highest BCUT2D eigenvalue weighted by Gasteiger charge is 2.47. The number of H-pyrrole nitrogens is 1. The molecule has 0 spiro atoms. The molecular weight excluding hydrogens is 489 g/mol. The van der Waals surface area contributed by atoms with Crippen LogP contribution in [0.15, 0.2) is 72.6 Å². The van der Waals surface area contributed by atoms with Crippen molar-refractivity contribution in [3.05, 3.63) is 99.4 Å². The Bertz CT molecular complexity index is 1500. The van der Waals surface area contributed by atoms with Gasteiger partial charge in [-0.05, 0) is 30.3 Å². The normalized spacial score (nSPS) is 17.3. The van der Waals surface area contributed by atoms with Gasteiger partial charge in [-0.25, -0.2) is 0 Å². The van der Waals surface area contributed by atoms with Gasteiger partial charge in [-0.15, -0.1) is 0 Å². The van der Waals surface area contributed by atoms with E-state index in [2.05, 4.69) is 9.97 Å². The molecule has 0 radical (unpaired) electrons. The molecule has 35 heavy (non-hydrogen) atoms. The van der Waals surface area contributed by atoms with E-state index >= 15 is 0 Å². The van der Waals surface area contributed by atoms with Gasteiger partial charge in [-0.3, -0.25) is 14.6 Å². The van der Waals surface area contributed by atoms with E-state index in [1.54, 1.807) is 30.6 Å². The van der Waals surface area contributed by atoms with Crippen molar-refractivity contribution in [2.45, 2.75) is 12.6 Å². The molecule has 9 heteroatoms. The average molecular weight is 508 g/mol. The van der Waals surface area contributed by atoms with Crippen molar-refractivity contribution < 1.29 is 19.4 Å². The molecule has 1 amide bonds. The van der Waals surface area contributed by atoms with Crippen LogP contribution in [0.4, 0.5) is 0 Å². The van der Waals surface area contributed by atoms with E-state index in [0.29, 0.717) is 11.3 Å². The third-order valence-corrected chi connectivity index (χ3v) is 6.48. The van der Waals surface area contributed by atoms with Gasteiger partial charge >= 0.3 is 0 Å². The molecule has 2 aromatic heterocycles. The molecule has 2 aromatic carbocycles. The van der Waals surface area contributed by atoms with Gasteiger partial charge in [0.05, 0.1) is 41.5 Å². The van der Waals surface area contributed by atoms with E-state index < -0.39 is 23.5 Å². The number of benzene rings is 2. The zero-order valence-electron chi connectivity index (χ0n) is 18.5. The van der Waals surface area contributed by atoms with Crippen LogP contribution >= 0.6 is 23.2 Å². The molecule has 1 aliphatic rings. The van der Waals surface area contributed by atoms with Crippen LogP contribution in [0.1, 0.15) is 22.9 Å². The molecule has 1 atom stereocenters. The Hall–Kier alpha value is -3.81. The Balaban J connectivity index is 1.76. The first-order chi connectivity index (χ1) is 16.9. The monoisotopic (exact) mass is 507 g/mol. The number of ether oxygens (including phenoxy) is 1. The predicted molar refractivity (Wildman–Crippen MR) is 133 cm³/mol. The maximum absolute atomic E-state index is 13.4. The number of hydrogen-bond donors (Lipinski definition) is 2. The minimum atomic E-state index is -0.893. The first kappa shape index (κ1) is 23.0. The highest BCUT2D eigenvalue weighted by atomic mass is 35.5. The number of aliphatic hydroxyl groups excluding tert-OH is 1. The maximum atomic E-state index is 13.4. The zero-order chi connectivity index (χ0) is 24.7. The number of fused-ring (bicyclic) bond motifs is 1. The lowest BCUT2D eigenvalue weighted by atomic mass is 9.94. The predicted octanol–water partition coefficient (Wildman–Crippen LogP) is 5.50. The molecule has 4 aromatic rings. The number of likely N-dealkylation sites (tertiary alicyclic amines) is 1. The Morgan fingerprint density at radius 1 is 1.14 bits per heavy atom. The van der Waals surface area contributed by atoms with E-state index in [1.807, 2.05) is 24.3 Å². The second kappa shape index (κ2) is 9.09. The molecule has 7 nitrogen and oxygen atoms in total. The molecule has 2 N–H and O–H groups in total. The Morgan fingerprint density at radius 3 is 2.66 bits per heavy atom. The second-order valence-corrected chi connectivity index (χ2v) is 8.85. The summed E-state index contributed by atoms with van der Waals surface area (Å²) in [5.41, 5.74) is 2.11. The number of para-hydroxylation sites is 1. The summed E-state index contributed by atoms with van der Waals surface area (Å²) in [4.78, 5) is 35.6. The number of aromatic amines is 1. The van der Waals surface area contributed by atoms with Gasteiger partial charge in [0.15, 0.2) is 0 Å². The second-order valence-electron chi connectivity index (χ2n) is 8.01. The van der Waals surface area contributed by atoms with Gasteiger partial charge in [0.1, 0.15) is 11.5 Å². The summed E-state index contributed by atoms with van der Waals surface area (Å²) in [6.45, 7) is 0.0692.